The first-order valence-corrected chi connectivity index (χ1v) is 7.90. The standard InChI is InChI=1S/C13H14N4OS2/c1-17-5-4-14-12(17)11(10-3-2-6-19-10)15-7-9-8-20-13(18)16-9/h2-6,8,11,15H,7H2,1H3,(H,16,18). The number of rotatable bonds is 5. The van der Waals surface area contributed by atoms with Crippen molar-refractivity contribution in [1.29, 1.82) is 0 Å². The van der Waals surface area contributed by atoms with Crippen molar-refractivity contribution in [2.45, 2.75) is 12.6 Å². The molecule has 3 aromatic rings. The lowest BCUT2D eigenvalue weighted by atomic mass is 10.2. The molecule has 3 rings (SSSR count). The second kappa shape index (κ2) is 5.74. The van der Waals surface area contributed by atoms with E-state index in [1.54, 1.807) is 17.5 Å². The van der Waals surface area contributed by atoms with E-state index in [1.807, 2.05) is 29.3 Å². The summed E-state index contributed by atoms with van der Waals surface area (Å²) in [6.45, 7) is 0.605. The Hall–Kier alpha value is -1.70. The van der Waals surface area contributed by atoms with Crippen molar-refractivity contribution >= 4 is 22.7 Å². The molecule has 0 fully saturated rings. The van der Waals surface area contributed by atoms with Gasteiger partial charge in [0.2, 0.25) is 0 Å². The molecule has 0 amide bonds. The van der Waals surface area contributed by atoms with E-state index in [2.05, 4.69) is 26.7 Å². The van der Waals surface area contributed by atoms with Crippen LogP contribution in [0.3, 0.4) is 0 Å². The van der Waals surface area contributed by atoms with Crippen molar-refractivity contribution < 1.29 is 0 Å². The van der Waals surface area contributed by atoms with Crippen LogP contribution in [0.2, 0.25) is 0 Å². The second-order valence-electron chi connectivity index (χ2n) is 4.40. The molecule has 0 saturated carbocycles. The summed E-state index contributed by atoms with van der Waals surface area (Å²) in [7, 11) is 1.98. The highest BCUT2D eigenvalue weighted by Gasteiger charge is 2.18. The summed E-state index contributed by atoms with van der Waals surface area (Å²) < 4.78 is 2.01. The SMILES string of the molecule is Cn1ccnc1C(NCc1csc(=O)[nH]1)c1cccs1. The Morgan fingerprint density at radius 3 is 3.00 bits per heavy atom. The summed E-state index contributed by atoms with van der Waals surface area (Å²) in [4.78, 5) is 19.6. The van der Waals surface area contributed by atoms with E-state index < -0.39 is 0 Å². The maximum absolute atomic E-state index is 11.2. The maximum atomic E-state index is 11.2. The fraction of sp³-hybridized carbons (Fsp3) is 0.231. The molecule has 0 bridgehead atoms. The highest BCUT2D eigenvalue weighted by atomic mass is 32.1. The molecule has 0 spiro atoms. The summed E-state index contributed by atoms with van der Waals surface area (Å²) >= 11 is 2.88. The van der Waals surface area contributed by atoms with Gasteiger partial charge in [-0.3, -0.25) is 10.1 Å². The molecule has 0 aromatic carbocycles. The van der Waals surface area contributed by atoms with Crippen molar-refractivity contribution in [2.24, 2.45) is 7.05 Å². The monoisotopic (exact) mass is 306 g/mol. The molecule has 5 nitrogen and oxygen atoms in total. The van der Waals surface area contributed by atoms with Crippen LogP contribution in [-0.2, 0) is 13.6 Å². The van der Waals surface area contributed by atoms with Crippen LogP contribution in [0.15, 0.2) is 40.1 Å². The van der Waals surface area contributed by atoms with Crippen LogP contribution < -0.4 is 10.2 Å². The summed E-state index contributed by atoms with van der Waals surface area (Å²) in [5, 5.41) is 7.36. The highest BCUT2D eigenvalue weighted by Crippen LogP contribution is 2.24. The van der Waals surface area contributed by atoms with Crippen LogP contribution >= 0.6 is 22.7 Å². The van der Waals surface area contributed by atoms with Gasteiger partial charge >= 0.3 is 4.87 Å². The van der Waals surface area contributed by atoms with E-state index >= 15 is 0 Å². The average Bonchev–Trinajstić information content (AvgIpc) is 3.14. The number of thiophene rings is 1. The van der Waals surface area contributed by atoms with Crippen molar-refractivity contribution in [3.05, 3.63) is 61.3 Å². The molecule has 0 saturated heterocycles. The number of aryl methyl sites for hydroxylation is 1. The lowest BCUT2D eigenvalue weighted by molar-refractivity contribution is 0.560. The molecular weight excluding hydrogens is 292 g/mol. The maximum Gasteiger partial charge on any atom is 0.304 e. The minimum absolute atomic E-state index is 0.0218. The summed E-state index contributed by atoms with van der Waals surface area (Å²) in [5.74, 6) is 0.963. The number of aromatic nitrogens is 3. The van der Waals surface area contributed by atoms with Gasteiger partial charge in [-0.2, -0.15) is 0 Å². The van der Waals surface area contributed by atoms with Crippen LogP contribution in [0.25, 0.3) is 0 Å². The lowest BCUT2D eigenvalue weighted by Gasteiger charge is -2.16. The normalized spacial score (nSPS) is 12.7. The summed E-state index contributed by atoms with van der Waals surface area (Å²) in [6, 6.07) is 4.15. The number of aromatic amines is 1. The van der Waals surface area contributed by atoms with Crippen molar-refractivity contribution in [3.63, 3.8) is 0 Å². The van der Waals surface area contributed by atoms with Crippen molar-refractivity contribution in [3.8, 4) is 0 Å². The van der Waals surface area contributed by atoms with Gasteiger partial charge in [-0.05, 0) is 11.4 Å². The number of thiazole rings is 1. The molecular formula is C13H14N4OS2. The smallest absolute Gasteiger partial charge is 0.304 e. The average molecular weight is 306 g/mol. The number of hydrogen-bond acceptors (Lipinski definition) is 5. The summed E-state index contributed by atoms with van der Waals surface area (Å²) in [6.07, 6.45) is 3.73. The van der Waals surface area contributed by atoms with E-state index in [1.165, 1.54) is 16.2 Å². The minimum atomic E-state index is -0.0218. The van der Waals surface area contributed by atoms with E-state index in [-0.39, 0.29) is 10.9 Å². The van der Waals surface area contributed by atoms with Crippen LogP contribution in [0.5, 0.6) is 0 Å². The first-order valence-electron chi connectivity index (χ1n) is 6.15. The predicted molar refractivity (Wildman–Crippen MR) is 81.1 cm³/mol. The van der Waals surface area contributed by atoms with Gasteiger partial charge in [-0.15, -0.1) is 11.3 Å². The fourth-order valence-corrected chi connectivity index (χ4v) is 3.42. The van der Waals surface area contributed by atoms with Crippen molar-refractivity contribution in [1.82, 2.24) is 19.9 Å². The van der Waals surface area contributed by atoms with Crippen molar-refractivity contribution in [2.75, 3.05) is 0 Å². The van der Waals surface area contributed by atoms with Gasteiger partial charge in [-0.1, -0.05) is 17.4 Å². The Balaban J connectivity index is 1.83. The molecule has 1 atom stereocenters. The molecule has 0 aliphatic rings. The molecule has 0 aliphatic heterocycles. The lowest BCUT2D eigenvalue weighted by Crippen LogP contribution is -2.24. The third kappa shape index (κ3) is 2.74. The largest absolute Gasteiger partial charge is 0.336 e. The number of nitrogens with one attached hydrogen (secondary N) is 2. The topological polar surface area (TPSA) is 62.7 Å². The molecule has 1 unspecified atom stereocenters. The number of imidazole rings is 1. The zero-order valence-corrected chi connectivity index (χ0v) is 12.5. The molecule has 2 N–H and O–H groups in total. The molecule has 3 aromatic heterocycles. The number of hydrogen-bond donors (Lipinski definition) is 2. The van der Waals surface area contributed by atoms with Gasteiger partial charge in [0.05, 0.1) is 0 Å². The first-order chi connectivity index (χ1) is 9.74. The van der Waals surface area contributed by atoms with Crippen LogP contribution in [0.4, 0.5) is 0 Å². The van der Waals surface area contributed by atoms with Crippen LogP contribution in [-0.4, -0.2) is 14.5 Å². The Morgan fingerprint density at radius 1 is 1.50 bits per heavy atom. The Bertz CT molecular complexity index is 725. The minimum Gasteiger partial charge on any atom is -0.336 e. The van der Waals surface area contributed by atoms with E-state index in [9.17, 15) is 4.79 Å². The molecule has 104 valence electrons. The van der Waals surface area contributed by atoms with Gasteiger partial charge in [0.25, 0.3) is 0 Å². The first kappa shape index (κ1) is 13.3. The predicted octanol–water partition coefficient (Wildman–Crippen LogP) is 2.11. The Kier molecular flexibility index (Phi) is 3.81. The molecule has 0 aliphatic carbocycles. The van der Waals surface area contributed by atoms with E-state index in [4.69, 9.17) is 0 Å². The third-order valence-electron chi connectivity index (χ3n) is 3.01. The van der Waals surface area contributed by atoms with E-state index in [0.29, 0.717) is 6.54 Å². The highest BCUT2D eigenvalue weighted by molar-refractivity contribution is 7.10. The molecule has 20 heavy (non-hydrogen) atoms. The zero-order valence-electron chi connectivity index (χ0n) is 10.9. The molecule has 3 heterocycles. The Morgan fingerprint density at radius 2 is 2.40 bits per heavy atom. The Labute approximate surface area is 123 Å². The van der Waals surface area contributed by atoms with Crippen LogP contribution in [0.1, 0.15) is 22.4 Å². The molecule has 7 heteroatoms. The molecule has 0 radical (unpaired) electrons. The van der Waals surface area contributed by atoms with Gasteiger partial charge in [-0.25, -0.2) is 4.98 Å². The van der Waals surface area contributed by atoms with Gasteiger partial charge in [0.15, 0.2) is 0 Å². The van der Waals surface area contributed by atoms with Gasteiger partial charge in [0.1, 0.15) is 11.9 Å². The van der Waals surface area contributed by atoms with Crippen LogP contribution in [0, 0.1) is 0 Å². The fourth-order valence-electron chi connectivity index (χ4n) is 2.04. The second-order valence-corrected chi connectivity index (χ2v) is 6.22. The zero-order chi connectivity index (χ0) is 13.9. The third-order valence-corrected chi connectivity index (χ3v) is 4.67. The number of H-pyrrole nitrogens is 1. The summed E-state index contributed by atoms with van der Waals surface area (Å²) in [5.41, 5.74) is 0.899. The quantitative estimate of drug-likeness (QED) is 0.759. The van der Waals surface area contributed by atoms with Gasteiger partial charge in [0, 0.05) is 41.9 Å². The van der Waals surface area contributed by atoms with Gasteiger partial charge < -0.3 is 9.55 Å². The van der Waals surface area contributed by atoms with E-state index in [0.717, 1.165) is 11.5 Å². The number of nitrogens with zero attached hydrogens (tertiary/aromatic N) is 2.